The summed E-state index contributed by atoms with van der Waals surface area (Å²) in [6, 6.07) is 11.4. The van der Waals surface area contributed by atoms with Crippen LogP contribution in [0.25, 0.3) is 0 Å². The molecule has 1 fully saturated rings. The number of hydrogen-bond acceptors (Lipinski definition) is 3. The van der Waals surface area contributed by atoms with Gasteiger partial charge in [-0.2, -0.15) is 0 Å². The molecule has 3 nitrogen and oxygen atoms in total. The fourth-order valence-electron chi connectivity index (χ4n) is 2.57. The molecule has 1 aliphatic rings. The molecule has 0 aromatic heterocycles. The lowest BCUT2D eigenvalue weighted by atomic mass is 10.1. The fourth-order valence-corrected chi connectivity index (χ4v) is 3.44. The van der Waals surface area contributed by atoms with E-state index in [9.17, 15) is 5.11 Å². The molecule has 0 amide bonds. The molecule has 1 saturated heterocycles. The highest BCUT2D eigenvalue weighted by molar-refractivity contribution is 6.76. The third-order valence-electron chi connectivity index (χ3n) is 3.99. The van der Waals surface area contributed by atoms with Gasteiger partial charge in [0.1, 0.15) is 12.2 Å². The van der Waals surface area contributed by atoms with E-state index in [0.29, 0.717) is 6.61 Å². The van der Waals surface area contributed by atoms with Crippen molar-refractivity contribution in [2.75, 3.05) is 6.61 Å². The van der Waals surface area contributed by atoms with Gasteiger partial charge in [0, 0.05) is 8.07 Å². The topological polar surface area (TPSA) is 42.0 Å². The number of allylic oxidation sites excluding steroid dienone is 2. The molecule has 128 valence electrons. The average molecular weight is 335 g/mol. The van der Waals surface area contributed by atoms with Crippen LogP contribution in [0.4, 0.5) is 0 Å². The van der Waals surface area contributed by atoms with Crippen LogP contribution >= 0.6 is 0 Å². The van der Waals surface area contributed by atoms with Crippen LogP contribution in [0.2, 0.25) is 25.7 Å². The minimum absolute atomic E-state index is 0.0401. The summed E-state index contributed by atoms with van der Waals surface area (Å²) in [5.74, 6) is 0. The van der Waals surface area contributed by atoms with Crippen molar-refractivity contribution in [3.8, 4) is 0 Å². The lowest BCUT2D eigenvalue weighted by Crippen LogP contribution is -2.22. The van der Waals surface area contributed by atoms with Crippen molar-refractivity contribution in [2.24, 2.45) is 0 Å². The highest BCUT2D eigenvalue weighted by Gasteiger charge is 2.44. The number of epoxide rings is 1. The molecule has 0 bridgehead atoms. The summed E-state index contributed by atoms with van der Waals surface area (Å²) in [6.45, 7) is 7.83. The summed E-state index contributed by atoms with van der Waals surface area (Å²) >= 11 is 0. The fraction of sp³-hybridized carbons (Fsp3) is 0.579. The summed E-state index contributed by atoms with van der Waals surface area (Å²) in [5, 5.41) is 9.22. The maximum atomic E-state index is 9.22. The standard InChI is InChI=1S/C19H30O3Si/c1-23(2,3)13-9-5-8-12-17(19-18(14-20)22-19)21-15-16-10-6-4-7-11-16/h4-7,9-11,17-20H,8,12-15H2,1-3H3. The van der Waals surface area contributed by atoms with Gasteiger partial charge >= 0.3 is 0 Å². The number of hydrogen-bond donors (Lipinski definition) is 1. The number of aliphatic hydroxyl groups is 1. The maximum Gasteiger partial charge on any atom is 0.113 e. The van der Waals surface area contributed by atoms with Gasteiger partial charge in [-0.15, -0.1) is 0 Å². The van der Waals surface area contributed by atoms with Crippen molar-refractivity contribution in [1.82, 2.24) is 0 Å². The summed E-state index contributed by atoms with van der Waals surface area (Å²) in [6.07, 6.45) is 6.60. The predicted octanol–water partition coefficient (Wildman–Crippen LogP) is 4.01. The number of aliphatic hydroxyl groups excluding tert-OH is 1. The molecule has 0 spiro atoms. The average Bonchev–Trinajstić information content (AvgIpc) is 3.29. The molecule has 3 atom stereocenters. The molecular weight excluding hydrogens is 304 g/mol. The largest absolute Gasteiger partial charge is 0.394 e. The van der Waals surface area contributed by atoms with Gasteiger partial charge in [0.05, 0.1) is 19.3 Å². The quantitative estimate of drug-likeness (QED) is 0.399. The summed E-state index contributed by atoms with van der Waals surface area (Å²) < 4.78 is 11.6. The Morgan fingerprint density at radius 3 is 2.57 bits per heavy atom. The predicted molar refractivity (Wildman–Crippen MR) is 97.3 cm³/mol. The number of ether oxygens (including phenoxy) is 2. The highest BCUT2D eigenvalue weighted by atomic mass is 28.3. The molecule has 1 N–H and O–H groups in total. The molecule has 1 aliphatic heterocycles. The van der Waals surface area contributed by atoms with Gasteiger partial charge in [0.25, 0.3) is 0 Å². The normalized spacial score (nSPS) is 22.4. The maximum absolute atomic E-state index is 9.22. The minimum Gasteiger partial charge on any atom is -0.394 e. The van der Waals surface area contributed by atoms with Crippen LogP contribution in [-0.4, -0.2) is 38.1 Å². The van der Waals surface area contributed by atoms with Gasteiger partial charge < -0.3 is 14.6 Å². The Balaban J connectivity index is 1.78. The van der Waals surface area contributed by atoms with Crippen LogP contribution in [-0.2, 0) is 16.1 Å². The first kappa shape index (κ1) is 18.4. The second-order valence-electron chi connectivity index (χ2n) is 7.47. The Hall–Kier alpha value is -0.943. The van der Waals surface area contributed by atoms with Crippen LogP contribution in [0.3, 0.4) is 0 Å². The molecule has 3 unspecified atom stereocenters. The van der Waals surface area contributed by atoms with Crippen molar-refractivity contribution in [3.63, 3.8) is 0 Å². The monoisotopic (exact) mass is 334 g/mol. The van der Waals surface area contributed by atoms with Crippen molar-refractivity contribution in [3.05, 3.63) is 48.0 Å². The number of rotatable bonds is 10. The van der Waals surface area contributed by atoms with Crippen molar-refractivity contribution < 1.29 is 14.6 Å². The zero-order chi connectivity index (χ0) is 16.7. The summed E-state index contributed by atoms with van der Waals surface area (Å²) in [4.78, 5) is 0. The number of benzene rings is 1. The second-order valence-corrected chi connectivity index (χ2v) is 13.0. The smallest absolute Gasteiger partial charge is 0.113 e. The third kappa shape index (κ3) is 7.00. The Morgan fingerprint density at radius 2 is 1.96 bits per heavy atom. The third-order valence-corrected chi connectivity index (χ3v) is 5.45. The second kappa shape index (κ2) is 8.78. The molecule has 2 rings (SSSR count). The molecule has 0 saturated carbocycles. The molecule has 23 heavy (non-hydrogen) atoms. The van der Waals surface area contributed by atoms with E-state index in [2.05, 4.69) is 43.9 Å². The lowest BCUT2D eigenvalue weighted by Gasteiger charge is -2.16. The van der Waals surface area contributed by atoms with Crippen molar-refractivity contribution in [2.45, 2.75) is 63.4 Å². The van der Waals surface area contributed by atoms with Gasteiger partial charge in [-0.05, 0) is 24.4 Å². The first-order chi connectivity index (χ1) is 11.0. The van der Waals surface area contributed by atoms with Gasteiger partial charge in [0.15, 0.2) is 0 Å². The van der Waals surface area contributed by atoms with E-state index in [0.717, 1.165) is 12.8 Å². The molecule has 0 radical (unpaired) electrons. The summed E-state index contributed by atoms with van der Waals surface area (Å²) in [7, 11) is -0.996. The van der Waals surface area contributed by atoms with Crippen LogP contribution < -0.4 is 0 Å². The zero-order valence-electron chi connectivity index (χ0n) is 14.6. The molecular formula is C19H30O3Si. The van der Waals surface area contributed by atoms with Crippen molar-refractivity contribution in [1.29, 1.82) is 0 Å². The van der Waals surface area contributed by atoms with Crippen molar-refractivity contribution >= 4 is 8.07 Å². The van der Waals surface area contributed by atoms with E-state index in [1.807, 2.05) is 18.2 Å². The van der Waals surface area contributed by atoms with Crippen LogP contribution in [0.1, 0.15) is 18.4 Å². The zero-order valence-corrected chi connectivity index (χ0v) is 15.6. The van der Waals surface area contributed by atoms with E-state index in [4.69, 9.17) is 9.47 Å². The Bertz CT molecular complexity index is 481. The van der Waals surface area contributed by atoms with E-state index in [-0.39, 0.29) is 24.9 Å². The molecule has 1 heterocycles. The van der Waals surface area contributed by atoms with Crippen LogP contribution in [0.15, 0.2) is 42.5 Å². The lowest BCUT2D eigenvalue weighted by molar-refractivity contribution is 0.0169. The minimum atomic E-state index is -0.996. The Morgan fingerprint density at radius 1 is 1.22 bits per heavy atom. The molecule has 0 aliphatic carbocycles. The van der Waals surface area contributed by atoms with E-state index in [1.54, 1.807) is 0 Å². The Labute approximate surface area is 141 Å². The van der Waals surface area contributed by atoms with Crippen LogP contribution in [0, 0.1) is 0 Å². The van der Waals surface area contributed by atoms with Gasteiger partial charge in [-0.1, -0.05) is 62.1 Å². The molecule has 4 heteroatoms. The first-order valence-corrected chi connectivity index (χ1v) is 12.3. The van der Waals surface area contributed by atoms with Crippen LogP contribution in [0.5, 0.6) is 0 Å². The van der Waals surface area contributed by atoms with Gasteiger partial charge in [0.2, 0.25) is 0 Å². The van der Waals surface area contributed by atoms with Gasteiger partial charge in [-0.25, -0.2) is 0 Å². The SMILES string of the molecule is C[Si](C)(C)CC=CCCC(OCc1ccccc1)C1OC1CO. The van der Waals surface area contributed by atoms with E-state index < -0.39 is 8.07 Å². The highest BCUT2D eigenvalue weighted by Crippen LogP contribution is 2.30. The summed E-state index contributed by atoms with van der Waals surface area (Å²) in [5.41, 5.74) is 1.17. The van der Waals surface area contributed by atoms with Gasteiger partial charge in [-0.3, -0.25) is 0 Å². The van der Waals surface area contributed by atoms with E-state index >= 15 is 0 Å². The first-order valence-electron chi connectivity index (χ1n) is 8.56. The molecule has 1 aromatic carbocycles. The molecule has 1 aromatic rings. The Kier molecular flexibility index (Phi) is 7.02. The van der Waals surface area contributed by atoms with E-state index in [1.165, 1.54) is 11.6 Å².